The zero-order chi connectivity index (χ0) is 7.28. The average molecular weight is 146 g/mol. The number of rotatable bonds is 3. The van der Waals surface area contributed by atoms with Crippen LogP contribution in [-0.4, -0.2) is 17.4 Å². The summed E-state index contributed by atoms with van der Waals surface area (Å²) in [4.78, 5) is 10.8. The normalized spacial score (nSPS) is 8.56. The second-order valence-electron chi connectivity index (χ2n) is 1.60. The van der Waals surface area contributed by atoms with Gasteiger partial charge < -0.3 is 11.1 Å². The van der Waals surface area contributed by atoms with E-state index >= 15 is 0 Å². The van der Waals surface area contributed by atoms with Gasteiger partial charge in [0.25, 0.3) is 0 Å². The maximum absolute atomic E-state index is 10.6. The fourth-order valence-electron chi connectivity index (χ4n) is 0.418. The van der Waals surface area contributed by atoms with E-state index < -0.39 is 0 Å². The van der Waals surface area contributed by atoms with E-state index in [-0.39, 0.29) is 17.3 Å². The number of nitrogens with two attached hydrogens (primary N) is 1. The topological polar surface area (TPSA) is 55.1 Å². The lowest BCUT2D eigenvalue weighted by Crippen LogP contribution is -2.27. The number of hydrogen-bond acceptors (Lipinski definition) is 2. The first-order valence-corrected chi connectivity index (χ1v) is 3.12. The Morgan fingerprint density at radius 2 is 2.33 bits per heavy atom. The molecule has 0 aromatic heterocycles. The third kappa shape index (κ3) is 5.23. The van der Waals surface area contributed by atoms with E-state index in [1.807, 2.05) is 6.92 Å². The number of thiocarbonyl (C=S) groups is 1. The van der Waals surface area contributed by atoms with Crippen LogP contribution >= 0.6 is 12.2 Å². The summed E-state index contributed by atoms with van der Waals surface area (Å²) in [6, 6.07) is 0. The zero-order valence-electron chi connectivity index (χ0n) is 5.31. The van der Waals surface area contributed by atoms with E-state index in [0.29, 0.717) is 6.54 Å². The van der Waals surface area contributed by atoms with Crippen molar-refractivity contribution < 1.29 is 4.79 Å². The molecule has 0 spiro atoms. The van der Waals surface area contributed by atoms with Crippen molar-refractivity contribution in [2.45, 2.75) is 13.3 Å². The van der Waals surface area contributed by atoms with Gasteiger partial charge in [0.2, 0.25) is 5.91 Å². The Labute approximate surface area is 59.6 Å². The van der Waals surface area contributed by atoms with Crippen molar-refractivity contribution in [1.29, 1.82) is 0 Å². The monoisotopic (exact) mass is 146 g/mol. The maximum atomic E-state index is 10.6. The van der Waals surface area contributed by atoms with Gasteiger partial charge in [0.15, 0.2) is 0 Å². The van der Waals surface area contributed by atoms with Crippen LogP contribution in [0.25, 0.3) is 0 Å². The van der Waals surface area contributed by atoms with E-state index in [1.54, 1.807) is 0 Å². The molecule has 0 aliphatic rings. The Morgan fingerprint density at radius 3 is 2.67 bits per heavy atom. The van der Waals surface area contributed by atoms with Crippen molar-refractivity contribution in [1.82, 2.24) is 5.32 Å². The Bertz CT molecular complexity index is 124. The van der Waals surface area contributed by atoms with Crippen molar-refractivity contribution in [3.8, 4) is 0 Å². The number of nitrogens with one attached hydrogen (secondary N) is 1. The van der Waals surface area contributed by atoms with Crippen LogP contribution in [0.4, 0.5) is 0 Å². The van der Waals surface area contributed by atoms with Gasteiger partial charge in [0.05, 0.1) is 11.4 Å². The Morgan fingerprint density at radius 1 is 1.78 bits per heavy atom. The van der Waals surface area contributed by atoms with Gasteiger partial charge in [-0.3, -0.25) is 4.79 Å². The van der Waals surface area contributed by atoms with Gasteiger partial charge in [-0.25, -0.2) is 0 Å². The predicted molar refractivity (Wildman–Crippen MR) is 40.1 cm³/mol. The summed E-state index contributed by atoms with van der Waals surface area (Å²) in [5, 5.41) is 2.57. The molecule has 0 aliphatic heterocycles. The van der Waals surface area contributed by atoms with Crippen molar-refractivity contribution >= 4 is 23.1 Å². The van der Waals surface area contributed by atoms with E-state index in [4.69, 9.17) is 5.73 Å². The van der Waals surface area contributed by atoms with Crippen LogP contribution < -0.4 is 11.1 Å². The highest BCUT2D eigenvalue weighted by molar-refractivity contribution is 7.80. The molecule has 3 nitrogen and oxygen atoms in total. The van der Waals surface area contributed by atoms with Crippen molar-refractivity contribution in [2.24, 2.45) is 5.73 Å². The minimum absolute atomic E-state index is 0.106. The summed E-state index contributed by atoms with van der Waals surface area (Å²) in [6.07, 6.45) is 0.156. The average Bonchev–Trinajstić information content (AvgIpc) is 1.63. The summed E-state index contributed by atoms with van der Waals surface area (Å²) in [5.41, 5.74) is 5.09. The highest BCUT2D eigenvalue weighted by atomic mass is 32.1. The third-order valence-electron chi connectivity index (χ3n) is 0.709. The van der Waals surface area contributed by atoms with Gasteiger partial charge in [0.1, 0.15) is 0 Å². The lowest BCUT2D eigenvalue weighted by atomic mass is 10.4. The fraction of sp³-hybridized carbons (Fsp3) is 0.600. The molecule has 0 aliphatic carbocycles. The summed E-state index contributed by atoms with van der Waals surface area (Å²) in [6.45, 7) is 2.47. The van der Waals surface area contributed by atoms with E-state index in [2.05, 4.69) is 17.5 Å². The molecule has 0 aromatic carbocycles. The highest BCUT2D eigenvalue weighted by Gasteiger charge is 1.98. The lowest BCUT2D eigenvalue weighted by Gasteiger charge is -1.97. The minimum atomic E-state index is -0.106. The van der Waals surface area contributed by atoms with Crippen LogP contribution in [0.1, 0.15) is 13.3 Å². The molecule has 0 aromatic rings. The van der Waals surface area contributed by atoms with Crippen LogP contribution in [-0.2, 0) is 4.79 Å². The quantitative estimate of drug-likeness (QED) is 0.542. The number of hydrogen-bond donors (Lipinski definition) is 2. The Kier molecular flexibility index (Phi) is 3.96. The van der Waals surface area contributed by atoms with Gasteiger partial charge in [-0.15, -0.1) is 0 Å². The summed E-state index contributed by atoms with van der Waals surface area (Å²) in [7, 11) is 0. The van der Waals surface area contributed by atoms with E-state index in [9.17, 15) is 4.79 Å². The summed E-state index contributed by atoms with van der Waals surface area (Å²) < 4.78 is 0. The van der Waals surface area contributed by atoms with Gasteiger partial charge in [0, 0.05) is 6.54 Å². The highest BCUT2D eigenvalue weighted by Crippen LogP contribution is 1.77. The molecular formula is C5H10N2OS. The first-order chi connectivity index (χ1) is 4.16. The van der Waals surface area contributed by atoms with Crippen molar-refractivity contribution in [3.05, 3.63) is 0 Å². The molecule has 52 valence electrons. The molecule has 0 unspecified atom stereocenters. The largest absolute Gasteiger partial charge is 0.393 e. The molecule has 0 bridgehead atoms. The number of amides is 1. The standard InChI is InChI=1S/C5H10N2OS/c1-2-7-5(8)3-4(6)9/h2-3H2,1H3,(H2,6,9)(H,7,8). The van der Waals surface area contributed by atoms with Crippen LogP contribution in [0.2, 0.25) is 0 Å². The zero-order valence-corrected chi connectivity index (χ0v) is 6.12. The molecule has 0 atom stereocenters. The SMILES string of the molecule is CCNC(=O)CC(N)=S. The molecule has 0 rings (SSSR count). The predicted octanol–water partition coefficient (Wildman–Crippen LogP) is -0.201. The minimum Gasteiger partial charge on any atom is -0.393 e. The molecule has 4 heteroatoms. The summed E-state index contributed by atoms with van der Waals surface area (Å²) >= 11 is 4.50. The molecule has 0 heterocycles. The second kappa shape index (κ2) is 4.26. The molecule has 1 amide bonds. The Hall–Kier alpha value is -0.640. The Balaban J connectivity index is 3.39. The van der Waals surface area contributed by atoms with Crippen LogP contribution in [0.3, 0.4) is 0 Å². The lowest BCUT2D eigenvalue weighted by molar-refractivity contribution is -0.119. The van der Waals surface area contributed by atoms with E-state index in [1.165, 1.54) is 0 Å². The third-order valence-corrected chi connectivity index (χ3v) is 0.853. The first kappa shape index (κ1) is 8.36. The van der Waals surface area contributed by atoms with Gasteiger partial charge in [-0.05, 0) is 6.92 Å². The van der Waals surface area contributed by atoms with Gasteiger partial charge in [-0.2, -0.15) is 0 Å². The number of carbonyl (C=O) groups is 1. The number of carbonyl (C=O) groups excluding carboxylic acids is 1. The molecule has 0 saturated heterocycles. The second-order valence-corrected chi connectivity index (χ2v) is 2.12. The molecule has 9 heavy (non-hydrogen) atoms. The smallest absolute Gasteiger partial charge is 0.226 e. The van der Waals surface area contributed by atoms with Crippen molar-refractivity contribution in [3.63, 3.8) is 0 Å². The molecule has 3 N–H and O–H groups in total. The molecule has 0 fully saturated rings. The maximum Gasteiger partial charge on any atom is 0.226 e. The molecular weight excluding hydrogens is 136 g/mol. The van der Waals surface area contributed by atoms with Gasteiger partial charge >= 0.3 is 0 Å². The van der Waals surface area contributed by atoms with Crippen LogP contribution in [0.15, 0.2) is 0 Å². The van der Waals surface area contributed by atoms with Crippen molar-refractivity contribution in [2.75, 3.05) is 6.54 Å². The van der Waals surface area contributed by atoms with E-state index in [0.717, 1.165) is 0 Å². The molecule has 0 saturated carbocycles. The van der Waals surface area contributed by atoms with Crippen LogP contribution in [0, 0.1) is 0 Å². The van der Waals surface area contributed by atoms with Gasteiger partial charge in [-0.1, -0.05) is 12.2 Å². The molecule has 0 radical (unpaired) electrons. The summed E-state index contributed by atoms with van der Waals surface area (Å²) in [5.74, 6) is -0.106. The van der Waals surface area contributed by atoms with Crippen LogP contribution in [0.5, 0.6) is 0 Å². The fourth-order valence-corrected chi connectivity index (χ4v) is 0.549. The first-order valence-electron chi connectivity index (χ1n) is 2.71.